The molecule has 43 heavy (non-hydrogen) atoms. The molecule has 1 aromatic carbocycles. The fourth-order valence-corrected chi connectivity index (χ4v) is 10.1. The zero-order chi connectivity index (χ0) is 31.7. The van der Waals surface area contributed by atoms with Crippen molar-refractivity contribution in [2.75, 3.05) is 13.2 Å². The summed E-state index contributed by atoms with van der Waals surface area (Å²) < 4.78 is 15.1. The number of nitrogens with zero attached hydrogens (tertiary/aromatic N) is 2. The number of thioether (sulfide) groups is 4. The lowest BCUT2D eigenvalue weighted by Crippen LogP contribution is -2.21. The third-order valence-corrected chi connectivity index (χ3v) is 13.1. The Hall–Kier alpha value is -1.65. The molecule has 0 aliphatic carbocycles. The Bertz CT molecular complexity index is 1270. The number of benzene rings is 1. The van der Waals surface area contributed by atoms with Crippen LogP contribution in [0.4, 0.5) is 0 Å². The predicted molar refractivity (Wildman–Crippen MR) is 184 cm³/mol. The highest BCUT2D eigenvalue weighted by Gasteiger charge is 2.40. The van der Waals surface area contributed by atoms with Crippen LogP contribution in [0.1, 0.15) is 107 Å². The van der Waals surface area contributed by atoms with E-state index in [1.165, 1.54) is 36.4 Å². The van der Waals surface area contributed by atoms with E-state index in [0.717, 1.165) is 73.8 Å². The van der Waals surface area contributed by atoms with E-state index >= 15 is 0 Å². The highest BCUT2D eigenvalue weighted by Crippen LogP contribution is 2.68. The van der Waals surface area contributed by atoms with Gasteiger partial charge in [-0.05, 0) is 31.6 Å². The molecule has 1 aromatic rings. The van der Waals surface area contributed by atoms with Gasteiger partial charge in [0.05, 0.1) is 47.8 Å². The number of carbonyl (C=O) groups is 1. The summed E-state index contributed by atoms with van der Waals surface area (Å²) in [6.45, 7) is 25.1. The van der Waals surface area contributed by atoms with Crippen molar-refractivity contribution in [2.45, 2.75) is 126 Å². The largest absolute Gasteiger partial charge is 0.491 e. The standard InChI is InChI=1S/C34H46N2O3S4/c1-10-14-16-22(12-3)19-38-25-27-28(41-32(40-27)21(5)36-9)26(39-20-23(13-4)17-15-11-2)30-29(25)42-33(43-30)24(18-35)31(37)34(6,7)8/h22-23H,10-17,19-20H2,1-8H3. The number of hydrogen-bond donors (Lipinski definition) is 0. The molecule has 0 aromatic heterocycles. The normalized spacial score (nSPS) is 15.3. The van der Waals surface area contributed by atoms with E-state index in [2.05, 4.69) is 38.6 Å². The van der Waals surface area contributed by atoms with Gasteiger partial charge >= 0.3 is 0 Å². The summed E-state index contributed by atoms with van der Waals surface area (Å²) >= 11 is 6.09. The summed E-state index contributed by atoms with van der Waals surface area (Å²) in [6.07, 6.45) is 8.95. The van der Waals surface area contributed by atoms with Crippen LogP contribution in [0.15, 0.2) is 39.3 Å². The van der Waals surface area contributed by atoms with Crippen molar-refractivity contribution >= 4 is 52.8 Å². The number of ketones is 1. The molecule has 0 radical (unpaired) electrons. The maximum atomic E-state index is 13.4. The fraction of sp³-hybridized carbons (Fsp3) is 0.618. The molecule has 0 bridgehead atoms. The van der Waals surface area contributed by atoms with Crippen LogP contribution in [-0.4, -0.2) is 19.0 Å². The number of nitriles is 1. The lowest BCUT2D eigenvalue weighted by Gasteiger charge is -2.22. The third-order valence-electron chi connectivity index (χ3n) is 7.72. The van der Waals surface area contributed by atoms with Gasteiger partial charge in [0.25, 0.3) is 0 Å². The lowest BCUT2D eigenvalue weighted by atomic mass is 9.87. The summed E-state index contributed by atoms with van der Waals surface area (Å²) in [5.74, 6) is 2.31. The van der Waals surface area contributed by atoms with E-state index in [1.54, 1.807) is 23.5 Å². The lowest BCUT2D eigenvalue weighted by molar-refractivity contribution is -0.122. The molecule has 0 fully saturated rings. The van der Waals surface area contributed by atoms with Crippen LogP contribution in [0.3, 0.4) is 0 Å². The van der Waals surface area contributed by atoms with E-state index in [4.69, 9.17) is 16.0 Å². The molecule has 2 heterocycles. The Morgan fingerprint density at radius 2 is 1.26 bits per heavy atom. The third kappa shape index (κ3) is 8.75. The van der Waals surface area contributed by atoms with Gasteiger partial charge < -0.3 is 9.47 Å². The zero-order valence-corrected chi connectivity index (χ0v) is 30.2. The zero-order valence-electron chi connectivity index (χ0n) is 27.0. The molecule has 9 heteroatoms. The van der Waals surface area contributed by atoms with E-state index in [1.807, 2.05) is 27.7 Å². The van der Waals surface area contributed by atoms with Crippen LogP contribution < -0.4 is 9.47 Å². The molecule has 234 valence electrons. The Morgan fingerprint density at radius 3 is 1.58 bits per heavy atom. The number of ether oxygens (including phenoxy) is 2. The summed E-state index contributed by atoms with van der Waals surface area (Å²) in [7, 11) is 0. The molecule has 2 atom stereocenters. The predicted octanol–water partition coefficient (Wildman–Crippen LogP) is 11.7. The topological polar surface area (TPSA) is 63.7 Å². The van der Waals surface area contributed by atoms with Gasteiger partial charge in [-0.2, -0.15) is 5.26 Å². The van der Waals surface area contributed by atoms with Crippen LogP contribution in [0.25, 0.3) is 4.85 Å². The van der Waals surface area contributed by atoms with Crippen molar-refractivity contribution in [3.05, 3.63) is 31.2 Å². The van der Waals surface area contributed by atoms with Crippen LogP contribution in [-0.2, 0) is 4.79 Å². The number of carbonyl (C=O) groups excluding carboxylic acids is 1. The van der Waals surface area contributed by atoms with Crippen molar-refractivity contribution in [2.24, 2.45) is 17.3 Å². The molecule has 2 unspecified atom stereocenters. The molecule has 3 rings (SSSR count). The van der Waals surface area contributed by atoms with Gasteiger partial charge in [0.15, 0.2) is 11.5 Å². The van der Waals surface area contributed by atoms with Crippen molar-refractivity contribution in [1.82, 2.24) is 0 Å². The average molecular weight is 659 g/mol. The van der Waals surface area contributed by atoms with E-state index in [-0.39, 0.29) is 11.4 Å². The molecule has 0 spiro atoms. The van der Waals surface area contributed by atoms with Crippen LogP contribution in [0.5, 0.6) is 11.5 Å². The van der Waals surface area contributed by atoms with Crippen molar-refractivity contribution in [1.29, 1.82) is 5.26 Å². The number of Topliss-reactive ketones (excluding diaryl/α,β-unsaturated/α-hetero) is 1. The van der Waals surface area contributed by atoms with Crippen LogP contribution in [0.2, 0.25) is 0 Å². The first kappa shape index (κ1) is 35.8. The van der Waals surface area contributed by atoms with Crippen molar-refractivity contribution < 1.29 is 14.3 Å². The smallest absolute Gasteiger partial charge is 0.182 e. The Kier molecular flexibility index (Phi) is 13.8. The van der Waals surface area contributed by atoms with E-state index < -0.39 is 5.41 Å². The molecule has 0 saturated heterocycles. The molecule has 2 aliphatic heterocycles. The minimum absolute atomic E-state index is 0.159. The summed E-state index contributed by atoms with van der Waals surface area (Å²) in [4.78, 5) is 20.9. The summed E-state index contributed by atoms with van der Waals surface area (Å²) in [6, 6.07) is 2.23. The first-order valence-electron chi connectivity index (χ1n) is 15.5. The van der Waals surface area contributed by atoms with Gasteiger partial charge in [-0.1, -0.05) is 134 Å². The van der Waals surface area contributed by atoms with E-state index in [9.17, 15) is 10.1 Å². The Balaban J connectivity index is 2.19. The second-order valence-electron chi connectivity index (χ2n) is 12.2. The highest BCUT2D eigenvalue weighted by atomic mass is 32.2. The number of unbranched alkanes of at least 4 members (excludes halogenated alkanes) is 2. The highest BCUT2D eigenvalue weighted by molar-refractivity contribution is 8.26. The minimum Gasteiger partial charge on any atom is -0.491 e. The Labute approximate surface area is 276 Å². The minimum atomic E-state index is -0.668. The second kappa shape index (κ2) is 16.6. The SMILES string of the molecule is [C-]#[N+]C(C)=C1Sc2c(OCC(CC)CCCC)c3c(c(OCC(CC)CCCC)c2S1)SC(=C(C#N)C(=O)C(C)(C)C)S3. The molecule has 0 amide bonds. The maximum absolute atomic E-state index is 13.4. The summed E-state index contributed by atoms with van der Waals surface area (Å²) in [5.41, 5.74) is 0.193. The first-order chi connectivity index (χ1) is 20.5. The van der Waals surface area contributed by atoms with Gasteiger partial charge in [0, 0.05) is 5.41 Å². The van der Waals surface area contributed by atoms with Gasteiger partial charge in [-0.3, -0.25) is 4.79 Å². The molecular formula is C34H46N2O3S4. The number of rotatable bonds is 15. The van der Waals surface area contributed by atoms with E-state index in [0.29, 0.717) is 35.0 Å². The Morgan fingerprint density at radius 1 is 0.837 bits per heavy atom. The van der Waals surface area contributed by atoms with Gasteiger partial charge in [0.2, 0.25) is 0 Å². The molecule has 2 aliphatic rings. The van der Waals surface area contributed by atoms with Crippen molar-refractivity contribution in [3.8, 4) is 17.6 Å². The average Bonchev–Trinajstić information content (AvgIpc) is 3.62. The quantitative estimate of drug-likeness (QED) is 0.105. The second-order valence-corrected chi connectivity index (χ2v) is 16.8. The van der Waals surface area contributed by atoms with Crippen LogP contribution >= 0.6 is 47.0 Å². The van der Waals surface area contributed by atoms with Gasteiger partial charge in [-0.15, -0.1) is 0 Å². The number of allylic oxidation sites excluding steroid dienone is 2. The molecule has 5 nitrogen and oxygen atoms in total. The maximum Gasteiger partial charge on any atom is 0.182 e. The van der Waals surface area contributed by atoms with Crippen molar-refractivity contribution in [3.63, 3.8) is 0 Å². The molecule has 0 N–H and O–H groups in total. The van der Waals surface area contributed by atoms with Gasteiger partial charge in [0.1, 0.15) is 23.1 Å². The van der Waals surface area contributed by atoms with Crippen LogP contribution in [0, 0.1) is 35.2 Å². The molecule has 0 saturated carbocycles. The number of fused-ring (bicyclic) bond motifs is 2. The monoisotopic (exact) mass is 658 g/mol. The number of hydrogen-bond acceptors (Lipinski definition) is 8. The fourth-order valence-electron chi connectivity index (χ4n) is 4.72. The first-order valence-corrected chi connectivity index (χ1v) is 18.8. The molecular weight excluding hydrogens is 613 g/mol. The van der Waals surface area contributed by atoms with Gasteiger partial charge in [-0.25, -0.2) is 4.85 Å². The summed E-state index contributed by atoms with van der Waals surface area (Å²) in [5, 5.41) is 10.1.